The van der Waals surface area contributed by atoms with Crippen molar-refractivity contribution in [1.82, 2.24) is 4.57 Å². The second kappa shape index (κ2) is 4.70. The molecule has 1 aromatic heterocycles. The molecular weight excluding hydrogens is 206 g/mol. The molecule has 0 radical (unpaired) electrons. The Morgan fingerprint density at radius 2 is 2.25 bits per heavy atom. The normalized spacial score (nSPS) is 25.4. The highest BCUT2D eigenvalue weighted by atomic mass is 16.5. The molecule has 4 heteroatoms. The van der Waals surface area contributed by atoms with Gasteiger partial charge in [-0.2, -0.15) is 0 Å². The standard InChI is InChI=1S/C12H17NO3/c1-16-12(15)9-6-7-13(8-9)10-4-2-3-5-11(10)14/h6-8,10-11,14H,2-5H2,1H3/t10-,11-/m1/s1. The van der Waals surface area contributed by atoms with Crippen molar-refractivity contribution in [1.29, 1.82) is 0 Å². The summed E-state index contributed by atoms with van der Waals surface area (Å²) >= 11 is 0. The second-order valence-corrected chi connectivity index (χ2v) is 4.26. The summed E-state index contributed by atoms with van der Waals surface area (Å²) in [6, 6.07) is 1.83. The lowest BCUT2D eigenvalue weighted by Gasteiger charge is -2.28. The van der Waals surface area contributed by atoms with Gasteiger partial charge in [0.25, 0.3) is 0 Å². The van der Waals surface area contributed by atoms with Crippen molar-refractivity contribution < 1.29 is 14.6 Å². The Balaban J connectivity index is 2.14. The molecule has 16 heavy (non-hydrogen) atoms. The lowest BCUT2D eigenvalue weighted by atomic mass is 9.92. The summed E-state index contributed by atoms with van der Waals surface area (Å²) in [4.78, 5) is 11.3. The number of esters is 1. The average Bonchev–Trinajstić information content (AvgIpc) is 2.78. The maximum absolute atomic E-state index is 11.3. The summed E-state index contributed by atoms with van der Waals surface area (Å²) < 4.78 is 6.58. The number of carbonyl (C=O) groups excluding carboxylic acids is 1. The summed E-state index contributed by atoms with van der Waals surface area (Å²) in [7, 11) is 1.37. The molecule has 1 aliphatic rings. The van der Waals surface area contributed by atoms with Gasteiger partial charge in [0.2, 0.25) is 0 Å². The summed E-state index contributed by atoms with van der Waals surface area (Å²) in [6.07, 6.45) is 7.33. The molecule has 4 nitrogen and oxygen atoms in total. The number of methoxy groups -OCH3 is 1. The van der Waals surface area contributed by atoms with Crippen LogP contribution in [-0.4, -0.2) is 28.9 Å². The van der Waals surface area contributed by atoms with Crippen LogP contribution in [0.5, 0.6) is 0 Å². The predicted molar refractivity (Wildman–Crippen MR) is 59.3 cm³/mol. The van der Waals surface area contributed by atoms with E-state index in [4.69, 9.17) is 0 Å². The van der Waals surface area contributed by atoms with Crippen LogP contribution in [0.2, 0.25) is 0 Å². The fourth-order valence-electron chi connectivity index (χ4n) is 2.30. The predicted octanol–water partition coefficient (Wildman–Crippen LogP) is 1.75. The number of carbonyl (C=O) groups is 1. The van der Waals surface area contributed by atoms with Gasteiger partial charge in [-0.3, -0.25) is 0 Å². The highest BCUT2D eigenvalue weighted by Gasteiger charge is 2.24. The molecule has 1 N–H and O–H groups in total. The first-order valence-electron chi connectivity index (χ1n) is 5.66. The average molecular weight is 223 g/mol. The molecule has 0 spiro atoms. The number of aliphatic hydroxyl groups excluding tert-OH is 1. The van der Waals surface area contributed by atoms with Crippen LogP contribution >= 0.6 is 0 Å². The molecule has 0 unspecified atom stereocenters. The van der Waals surface area contributed by atoms with E-state index in [0.29, 0.717) is 5.56 Å². The third kappa shape index (κ3) is 2.11. The Morgan fingerprint density at radius 1 is 1.50 bits per heavy atom. The Hall–Kier alpha value is -1.29. The molecule has 88 valence electrons. The molecular formula is C12H17NO3. The van der Waals surface area contributed by atoms with E-state index in [9.17, 15) is 9.90 Å². The van der Waals surface area contributed by atoms with E-state index in [1.54, 1.807) is 12.3 Å². The first-order chi connectivity index (χ1) is 7.72. The van der Waals surface area contributed by atoms with Crippen molar-refractivity contribution >= 4 is 5.97 Å². The monoisotopic (exact) mass is 223 g/mol. The van der Waals surface area contributed by atoms with Crippen LogP contribution in [0.15, 0.2) is 18.5 Å². The zero-order valence-corrected chi connectivity index (χ0v) is 9.43. The number of nitrogens with zero attached hydrogens (tertiary/aromatic N) is 1. The van der Waals surface area contributed by atoms with Gasteiger partial charge in [-0.25, -0.2) is 4.79 Å². The first-order valence-corrected chi connectivity index (χ1v) is 5.66. The quantitative estimate of drug-likeness (QED) is 0.777. The molecule has 1 fully saturated rings. The minimum atomic E-state index is -0.330. The lowest BCUT2D eigenvalue weighted by molar-refractivity contribution is 0.0596. The highest BCUT2D eigenvalue weighted by Crippen LogP contribution is 2.29. The van der Waals surface area contributed by atoms with Gasteiger partial charge in [0, 0.05) is 12.4 Å². The Bertz CT molecular complexity index is 372. The zero-order valence-electron chi connectivity index (χ0n) is 9.43. The van der Waals surface area contributed by atoms with Crippen LogP contribution in [0, 0.1) is 0 Å². The third-order valence-corrected chi connectivity index (χ3v) is 3.21. The maximum Gasteiger partial charge on any atom is 0.339 e. The Morgan fingerprint density at radius 3 is 2.94 bits per heavy atom. The number of hydrogen-bond donors (Lipinski definition) is 1. The van der Waals surface area contributed by atoms with Crippen LogP contribution in [0.3, 0.4) is 0 Å². The highest BCUT2D eigenvalue weighted by molar-refractivity contribution is 5.89. The number of ether oxygens (including phenoxy) is 1. The van der Waals surface area contributed by atoms with Crippen LogP contribution in [0.1, 0.15) is 42.1 Å². The molecule has 0 amide bonds. The third-order valence-electron chi connectivity index (χ3n) is 3.21. The van der Waals surface area contributed by atoms with Gasteiger partial charge < -0.3 is 14.4 Å². The van der Waals surface area contributed by atoms with Gasteiger partial charge in [0.1, 0.15) is 0 Å². The summed E-state index contributed by atoms with van der Waals surface area (Å²) in [5.41, 5.74) is 0.542. The van der Waals surface area contributed by atoms with Crippen molar-refractivity contribution in [3.8, 4) is 0 Å². The van der Waals surface area contributed by atoms with Crippen LogP contribution in [0.4, 0.5) is 0 Å². The van der Waals surface area contributed by atoms with Crippen LogP contribution < -0.4 is 0 Å². The smallest absolute Gasteiger partial charge is 0.339 e. The lowest BCUT2D eigenvalue weighted by Crippen LogP contribution is -2.26. The number of hydrogen-bond acceptors (Lipinski definition) is 3. The van der Waals surface area contributed by atoms with Crippen molar-refractivity contribution in [3.05, 3.63) is 24.0 Å². The van der Waals surface area contributed by atoms with Gasteiger partial charge in [-0.1, -0.05) is 12.8 Å². The minimum Gasteiger partial charge on any atom is -0.465 e. The van der Waals surface area contributed by atoms with Crippen molar-refractivity contribution in [2.24, 2.45) is 0 Å². The fraction of sp³-hybridized carbons (Fsp3) is 0.583. The molecule has 1 heterocycles. The molecule has 1 aromatic rings. The summed E-state index contributed by atoms with van der Waals surface area (Å²) in [5.74, 6) is -0.330. The summed E-state index contributed by atoms with van der Waals surface area (Å²) in [5, 5.41) is 9.89. The van der Waals surface area contributed by atoms with Crippen molar-refractivity contribution in [3.63, 3.8) is 0 Å². The minimum absolute atomic E-state index is 0.104. The van der Waals surface area contributed by atoms with E-state index in [-0.39, 0.29) is 18.1 Å². The van der Waals surface area contributed by atoms with E-state index in [1.807, 2.05) is 10.8 Å². The van der Waals surface area contributed by atoms with E-state index in [0.717, 1.165) is 25.7 Å². The molecule has 1 aliphatic carbocycles. The zero-order chi connectivity index (χ0) is 11.5. The van der Waals surface area contributed by atoms with Crippen molar-refractivity contribution in [2.75, 3.05) is 7.11 Å². The van der Waals surface area contributed by atoms with E-state index in [2.05, 4.69) is 4.74 Å². The van der Waals surface area contributed by atoms with Crippen LogP contribution in [0.25, 0.3) is 0 Å². The molecule has 0 aromatic carbocycles. The molecule has 0 bridgehead atoms. The molecule has 0 aliphatic heterocycles. The molecule has 0 saturated heterocycles. The topological polar surface area (TPSA) is 51.5 Å². The first kappa shape index (κ1) is 11.2. The molecule has 2 atom stereocenters. The summed E-state index contributed by atoms with van der Waals surface area (Å²) in [6.45, 7) is 0. The molecule has 1 saturated carbocycles. The van der Waals surface area contributed by atoms with Gasteiger partial charge >= 0.3 is 5.97 Å². The van der Waals surface area contributed by atoms with Gasteiger partial charge in [0.15, 0.2) is 0 Å². The number of rotatable bonds is 2. The fourth-order valence-corrected chi connectivity index (χ4v) is 2.30. The van der Waals surface area contributed by atoms with E-state index in [1.165, 1.54) is 7.11 Å². The number of aromatic nitrogens is 1. The molecule has 2 rings (SSSR count). The van der Waals surface area contributed by atoms with Crippen LogP contribution in [-0.2, 0) is 4.74 Å². The second-order valence-electron chi connectivity index (χ2n) is 4.26. The van der Waals surface area contributed by atoms with E-state index < -0.39 is 0 Å². The Labute approximate surface area is 94.8 Å². The van der Waals surface area contributed by atoms with Gasteiger partial charge in [-0.15, -0.1) is 0 Å². The number of aliphatic hydroxyl groups is 1. The van der Waals surface area contributed by atoms with E-state index >= 15 is 0 Å². The Kier molecular flexibility index (Phi) is 3.29. The maximum atomic E-state index is 11.3. The van der Waals surface area contributed by atoms with Crippen molar-refractivity contribution in [2.45, 2.75) is 37.8 Å². The van der Waals surface area contributed by atoms with Gasteiger partial charge in [0.05, 0.1) is 24.8 Å². The largest absolute Gasteiger partial charge is 0.465 e. The SMILES string of the molecule is COC(=O)c1ccn([C@@H]2CCCC[C@H]2O)c1. The van der Waals surface area contributed by atoms with Gasteiger partial charge in [-0.05, 0) is 18.9 Å².